The Morgan fingerprint density at radius 1 is 1.05 bits per heavy atom. The number of halogens is 3. The second kappa shape index (κ2) is 5.94. The van der Waals surface area contributed by atoms with Crippen LogP contribution in [-0.4, -0.2) is 11.3 Å². The van der Waals surface area contributed by atoms with E-state index in [0.29, 0.717) is 12.8 Å². The highest BCUT2D eigenvalue weighted by atomic mass is 19.4. The van der Waals surface area contributed by atoms with Crippen LogP contribution in [0.1, 0.15) is 17.0 Å². The third kappa shape index (κ3) is 4.57. The molecule has 0 saturated carbocycles. The van der Waals surface area contributed by atoms with Gasteiger partial charge in [0.15, 0.2) is 0 Å². The molecular weight excluding hydrogens is 267 g/mol. The van der Waals surface area contributed by atoms with Crippen LogP contribution in [0.3, 0.4) is 0 Å². The van der Waals surface area contributed by atoms with Crippen molar-refractivity contribution in [3.8, 4) is 5.75 Å². The standard InChI is InChI=1S/C15H14F3NO/c1-11-4-2-6-13(19-11)9-8-12-5-3-7-14(10-12)20-15(16,17)18/h2-7,10H,8-9H2,1H3. The number of aryl methyl sites for hydroxylation is 3. The molecule has 0 unspecified atom stereocenters. The molecule has 106 valence electrons. The smallest absolute Gasteiger partial charge is 0.406 e. The summed E-state index contributed by atoms with van der Waals surface area (Å²) in [6.07, 6.45) is -3.36. The van der Waals surface area contributed by atoms with E-state index in [-0.39, 0.29) is 5.75 Å². The first-order valence-corrected chi connectivity index (χ1v) is 6.19. The van der Waals surface area contributed by atoms with Crippen molar-refractivity contribution in [3.05, 3.63) is 59.4 Å². The highest BCUT2D eigenvalue weighted by molar-refractivity contribution is 5.29. The van der Waals surface area contributed by atoms with Crippen molar-refractivity contribution in [2.45, 2.75) is 26.1 Å². The first kappa shape index (κ1) is 14.4. The molecule has 0 spiro atoms. The lowest BCUT2D eigenvalue weighted by Gasteiger charge is -2.10. The van der Waals surface area contributed by atoms with E-state index in [1.165, 1.54) is 12.1 Å². The van der Waals surface area contributed by atoms with Gasteiger partial charge in [0.2, 0.25) is 0 Å². The highest BCUT2D eigenvalue weighted by Gasteiger charge is 2.31. The van der Waals surface area contributed by atoms with Crippen LogP contribution in [0.2, 0.25) is 0 Å². The number of pyridine rings is 1. The van der Waals surface area contributed by atoms with Crippen molar-refractivity contribution in [3.63, 3.8) is 0 Å². The van der Waals surface area contributed by atoms with Gasteiger partial charge in [-0.3, -0.25) is 4.98 Å². The molecule has 0 amide bonds. The fourth-order valence-corrected chi connectivity index (χ4v) is 1.91. The van der Waals surface area contributed by atoms with Gasteiger partial charge in [0, 0.05) is 11.4 Å². The van der Waals surface area contributed by atoms with Crippen molar-refractivity contribution in [2.24, 2.45) is 0 Å². The summed E-state index contributed by atoms with van der Waals surface area (Å²) in [5, 5.41) is 0. The molecule has 0 saturated heterocycles. The number of nitrogens with zero attached hydrogens (tertiary/aromatic N) is 1. The number of hydrogen-bond acceptors (Lipinski definition) is 2. The molecule has 0 fully saturated rings. The minimum absolute atomic E-state index is 0.188. The lowest BCUT2D eigenvalue weighted by Crippen LogP contribution is -2.17. The fourth-order valence-electron chi connectivity index (χ4n) is 1.91. The van der Waals surface area contributed by atoms with Crippen molar-refractivity contribution >= 4 is 0 Å². The molecule has 2 rings (SSSR count). The minimum Gasteiger partial charge on any atom is -0.406 e. The van der Waals surface area contributed by atoms with Crippen LogP contribution in [0.4, 0.5) is 13.2 Å². The van der Waals surface area contributed by atoms with E-state index in [4.69, 9.17) is 0 Å². The van der Waals surface area contributed by atoms with Crippen molar-refractivity contribution in [2.75, 3.05) is 0 Å². The summed E-state index contributed by atoms with van der Waals surface area (Å²) in [7, 11) is 0. The van der Waals surface area contributed by atoms with Crippen LogP contribution >= 0.6 is 0 Å². The summed E-state index contributed by atoms with van der Waals surface area (Å²) in [5.74, 6) is -0.188. The van der Waals surface area contributed by atoms with Gasteiger partial charge in [-0.05, 0) is 49.6 Å². The topological polar surface area (TPSA) is 22.1 Å². The number of rotatable bonds is 4. The van der Waals surface area contributed by atoms with Crippen LogP contribution in [0.5, 0.6) is 5.75 Å². The summed E-state index contributed by atoms with van der Waals surface area (Å²) in [6.45, 7) is 1.90. The van der Waals surface area contributed by atoms with E-state index in [1.54, 1.807) is 12.1 Å². The minimum atomic E-state index is -4.66. The van der Waals surface area contributed by atoms with Gasteiger partial charge in [0.25, 0.3) is 0 Å². The zero-order chi connectivity index (χ0) is 14.6. The Labute approximate surface area is 115 Å². The molecule has 0 aliphatic rings. The van der Waals surface area contributed by atoms with Crippen LogP contribution in [0.25, 0.3) is 0 Å². The predicted molar refractivity (Wildman–Crippen MR) is 69.5 cm³/mol. The Morgan fingerprint density at radius 2 is 1.80 bits per heavy atom. The zero-order valence-corrected chi connectivity index (χ0v) is 10.9. The van der Waals surface area contributed by atoms with Crippen molar-refractivity contribution < 1.29 is 17.9 Å². The Balaban J connectivity index is 2.01. The Kier molecular flexibility index (Phi) is 4.27. The molecule has 2 aromatic rings. The average molecular weight is 281 g/mol. The molecule has 0 radical (unpaired) electrons. The van der Waals surface area contributed by atoms with E-state index >= 15 is 0 Å². The van der Waals surface area contributed by atoms with Gasteiger partial charge in [0.05, 0.1) is 0 Å². The Bertz CT molecular complexity index is 581. The summed E-state index contributed by atoms with van der Waals surface area (Å²) < 4.78 is 40.3. The molecule has 5 heteroatoms. The lowest BCUT2D eigenvalue weighted by molar-refractivity contribution is -0.274. The molecular formula is C15H14F3NO. The Hall–Kier alpha value is -2.04. The summed E-state index contributed by atoms with van der Waals surface area (Å²) >= 11 is 0. The molecule has 1 aromatic heterocycles. The van der Waals surface area contributed by atoms with E-state index in [9.17, 15) is 13.2 Å². The maximum absolute atomic E-state index is 12.1. The summed E-state index contributed by atoms with van der Waals surface area (Å²) in [6, 6.07) is 11.8. The largest absolute Gasteiger partial charge is 0.573 e. The first-order valence-electron chi connectivity index (χ1n) is 6.19. The molecule has 2 nitrogen and oxygen atoms in total. The van der Waals surface area contributed by atoms with Gasteiger partial charge in [-0.25, -0.2) is 0 Å². The van der Waals surface area contributed by atoms with Gasteiger partial charge >= 0.3 is 6.36 Å². The first-order chi connectivity index (χ1) is 9.42. The van der Waals surface area contributed by atoms with Crippen LogP contribution in [0, 0.1) is 6.92 Å². The second-order valence-electron chi connectivity index (χ2n) is 4.47. The second-order valence-corrected chi connectivity index (χ2v) is 4.47. The van der Waals surface area contributed by atoms with Gasteiger partial charge in [0.1, 0.15) is 5.75 Å². The molecule has 0 N–H and O–H groups in total. The highest BCUT2D eigenvalue weighted by Crippen LogP contribution is 2.23. The van der Waals surface area contributed by atoms with Crippen molar-refractivity contribution in [1.82, 2.24) is 4.98 Å². The van der Waals surface area contributed by atoms with Crippen LogP contribution < -0.4 is 4.74 Å². The zero-order valence-electron chi connectivity index (χ0n) is 10.9. The third-order valence-electron chi connectivity index (χ3n) is 2.75. The normalized spacial score (nSPS) is 11.4. The molecule has 1 heterocycles. The Morgan fingerprint density at radius 3 is 2.50 bits per heavy atom. The van der Waals surface area contributed by atoms with E-state index in [1.807, 2.05) is 25.1 Å². The lowest BCUT2D eigenvalue weighted by atomic mass is 10.1. The number of hydrogen-bond donors (Lipinski definition) is 0. The van der Waals surface area contributed by atoms with Crippen LogP contribution in [-0.2, 0) is 12.8 Å². The molecule has 0 aliphatic heterocycles. The molecule has 1 aromatic carbocycles. The molecule has 20 heavy (non-hydrogen) atoms. The van der Waals surface area contributed by atoms with E-state index < -0.39 is 6.36 Å². The number of ether oxygens (including phenoxy) is 1. The molecule has 0 bridgehead atoms. The van der Waals surface area contributed by atoms with Crippen LogP contribution in [0.15, 0.2) is 42.5 Å². The third-order valence-corrected chi connectivity index (χ3v) is 2.75. The number of benzene rings is 1. The predicted octanol–water partition coefficient (Wildman–Crippen LogP) is 4.07. The average Bonchev–Trinajstić information content (AvgIpc) is 2.35. The number of alkyl halides is 3. The van der Waals surface area contributed by atoms with Gasteiger partial charge in [-0.1, -0.05) is 18.2 Å². The van der Waals surface area contributed by atoms with Gasteiger partial charge in [-0.2, -0.15) is 0 Å². The summed E-state index contributed by atoms with van der Waals surface area (Å²) in [4.78, 5) is 4.36. The maximum Gasteiger partial charge on any atom is 0.573 e. The maximum atomic E-state index is 12.1. The van der Waals surface area contributed by atoms with E-state index in [0.717, 1.165) is 17.0 Å². The fraction of sp³-hybridized carbons (Fsp3) is 0.267. The quantitative estimate of drug-likeness (QED) is 0.842. The SMILES string of the molecule is Cc1cccc(CCc2cccc(OC(F)(F)F)c2)n1. The van der Waals surface area contributed by atoms with Crippen molar-refractivity contribution in [1.29, 1.82) is 0 Å². The monoisotopic (exact) mass is 281 g/mol. The van der Waals surface area contributed by atoms with Gasteiger partial charge in [-0.15, -0.1) is 13.2 Å². The molecule has 0 atom stereocenters. The number of aromatic nitrogens is 1. The molecule has 0 aliphatic carbocycles. The summed E-state index contributed by atoms with van der Waals surface area (Å²) in [5.41, 5.74) is 2.64. The van der Waals surface area contributed by atoms with Gasteiger partial charge < -0.3 is 4.74 Å². The van der Waals surface area contributed by atoms with E-state index in [2.05, 4.69) is 9.72 Å².